The van der Waals surface area contributed by atoms with Gasteiger partial charge < -0.3 is 20.8 Å². The molecule has 114 valence electrons. The Morgan fingerprint density at radius 2 is 1.81 bits per heavy atom. The van der Waals surface area contributed by atoms with Gasteiger partial charge >= 0.3 is 5.97 Å². The number of hydrogen-bond donors (Lipinski definition) is 4. The summed E-state index contributed by atoms with van der Waals surface area (Å²) in [5.41, 5.74) is 0.683. The zero-order chi connectivity index (χ0) is 15.8. The first-order valence-corrected chi connectivity index (χ1v) is 6.43. The summed E-state index contributed by atoms with van der Waals surface area (Å²) in [5.74, 6) is -1.75. The van der Waals surface area contributed by atoms with Gasteiger partial charge in [0.1, 0.15) is 11.8 Å². The minimum atomic E-state index is -1.14. The van der Waals surface area contributed by atoms with Crippen molar-refractivity contribution in [2.45, 2.75) is 25.8 Å². The molecule has 1 atom stereocenters. The van der Waals surface area contributed by atoms with Crippen molar-refractivity contribution in [1.82, 2.24) is 10.6 Å². The van der Waals surface area contributed by atoms with Crippen LogP contribution in [0.4, 0.5) is 0 Å². The van der Waals surface area contributed by atoms with Crippen molar-refractivity contribution in [3.05, 3.63) is 29.8 Å². The van der Waals surface area contributed by atoms with E-state index in [9.17, 15) is 14.4 Å². The summed E-state index contributed by atoms with van der Waals surface area (Å²) in [4.78, 5) is 33.4. The molecule has 0 saturated carbocycles. The first-order chi connectivity index (χ1) is 9.88. The van der Waals surface area contributed by atoms with E-state index in [0.717, 1.165) is 0 Å². The highest BCUT2D eigenvalue weighted by atomic mass is 16.4. The lowest BCUT2D eigenvalue weighted by Crippen LogP contribution is -2.43. The molecule has 0 aliphatic rings. The SMILES string of the molecule is CC(=O)NCCC(=O)N[C@H](Cc1ccc(O)cc1)C(=O)O. The second-order valence-electron chi connectivity index (χ2n) is 4.56. The quantitative estimate of drug-likeness (QED) is 0.566. The molecule has 1 aromatic rings. The number of benzene rings is 1. The summed E-state index contributed by atoms with van der Waals surface area (Å²) in [5, 5.41) is 23.1. The maximum absolute atomic E-state index is 11.6. The topological polar surface area (TPSA) is 116 Å². The Bertz CT molecular complexity index is 513. The van der Waals surface area contributed by atoms with Crippen molar-refractivity contribution < 1.29 is 24.6 Å². The maximum Gasteiger partial charge on any atom is 0.326 e. The summed E-state index contributed by atoms with van der Waals surface area (Å²) in [6, 6.07) is 5.03. The number of aromatic hydroxyl groups is 1. The van der Waals surface area contributed by atoms with E-state index in [2.05, 4.69) is 10.6 Å². The van der Waals surface area contributed by atoms with Crippen LogP contribution in [-0.2, 0) is 20.8 Å². The molecule has 7 nitrogen and oxygen atoms in total. The van der Waals surface area contributed by atoms with E-state index < -0.39 is 17.9 Å². The van der Waals surface area contributed by atoms with Gasteiger partial charge in [0.05, 0.1) is 0 Å². The molecule has 0 aromatic heterocycles. The van der Waals surface area contributed by atoms with E-state index in [4.69, 9.17) is 10.2 Å². The smallest absolute Gasteiger partial charge is 0.326 e. The molecule has 0 unspecified atom stereocenters. The van der Waals surface area contributed by atoms with Gasteiger partial charge in [0.25, 0.3) is 0 Å². The second-order valence-corrected chi connectivity index (χ2v) is 4.56. The molecule has 0 heterocycles. The van der Waals surface area contributed by atoms with Crippen LogP contribution in [0.15, 0.2) is 24.3 Å². The minimum absolute atomic E-state index is 0.0128. The van der Waals surface area contributed by atoms with Crippen LogP contribution in [0.2, 0.25) is 0 Å². The number of carboxylic acid groups (broad SMARTS) is 1. The molecule has 7 heteroatoms. The van der Waals surface area contributed by atoms with Crippen LogP contribution in [-0.4, -0.2) is 40.6 Å². The number of carbonyl (C=O) groups excluding carboxylic acids is 2. The Labute approximate surface area is 122 Å². The van der Waals surface area contributed by atoms with Gasteiger partial charge in [-0.05, 0) is 17.7 Å². The van der Waals surface area contributed by atoms with Gasteiger partial charge in [0, 0.05) is 26.3 Å². The lowest BCUT2D eigenvalue weighted by molar-refractivity contribution is -0.141. The predicted octanol–water partition coefficient (Wildman–Crippen LogP) is 0.0303. The van der Waals surface area contributed by atoms with Gasteiger partial charge in [0.15, 0.2) is 0 Å². The average Bonchev–Trinajstić information content (AvgIpc) is 2.40. The maximum atomic E-state index is 11.6. The van der Waals surface area contributed by atoms with E-state index in [0.29, 0.717) is 5.56 Å². The Kier molecular flexibility index (Phi) is 6.19. The van der Waals surface area contributed by atoms with Crippen molar-refractivity contribution in [2.75, 3.05) is 6.54 Å². The largest absolute Gasteiger partial charge is 0.508 e. The number of hydrogen-bond acceptors (Lipinski definition) is 4. The van der Waals surface area contributed by atoms with Gasteiger partial charge in [-0.2, -0.15) is 0 Å². The highest BCUT2D eigenvalue weighted by molar-refractivity contribution is 5.84. The van der Waals surface area contributed by atoms with Crippen LogP contribution in [0, 0.1) is 0 Å². The Morgan fingerprint density at radius 1 is 1.19 bits per heavy atom. The molecule has 4 N–H and O–H groups in total. The summed E-state index contributed by atoms with van der Waals surface area (Å²) >= 11 is 0. The second kappa shape index (κ2) is 7.88. The highest BCUT2D eigenvalue weighted by Gasteiger charge is 2.20. The molecule has 0 saturated heterocycles. The van der Waals surface area contributed by atoms with Crippen LogP contribution in [0.1, 0.15) is 18.9 Å². The lowest BCUT2D eigenvalue weighted by atomic mass is 10.1. The van der Waals surface area contributed by atoms with Gasteiger partial charge in [-0.1, -0.05) is 12.1 Å². The molecule has 0 aliphatic carbocycles. The number of nitrogens with one attached hydrogen (secondary N) is 2. The van der Waals surface area contributed by atoms with E-state index in [1.54, 1.807) is 12.1 Å². The van der Waals surface area contributed by atoms with Gasteiger partial charge in [0.2, 0.25) is 11.8 Å². The molecule has 1 rings (SSSR count). The fraction of sp³-hybridized carbons (Fsp3) is 0.357. The number of amides is 2. The molecule has 0 fully saturated rings. The normalized spacial score (nSPS) is 11.5. The van der Waals surface area contributed by atoms with Gasteiger partial charge in [-0.3, -0.25) is 9.59 Å². The van der Waals surface area contributed by atoms with Crippen LogP contribution < -0.4 is 10.6 Å². The third-order valence-corrected chi connectivity index (χ3v) is 2.74. The molecule has 21 heavy (non-hydrogen) atoms. The van der Waals surface area contributed by atoms with Gasteiger partial charge in [-0.15, -0.1) is 0 Å². The predicted molar refractivity (Wildman–Crippen MR) is 74.7 cm³/mol. The van der Waals surface area contributed by atoms with Crippen molar-refractivity contribution in [2.24, 2.45) is 0 Å². The number of phenolic OH excluding ortho intramolecular Hbond substituents is 1. The fourth-order valence-electron chi connectivity index (χ4n) is 1.69. The molecule has 0 bridgehead atoms. The monoisotopic (exact) mass is 294 g/mol. The number of carboxylic acids is 1. The molecule has 1 aromatic carbocycles. The van der Waals surface area contributed by atoms with Crippen molar-refractivity contribution in [3.8, 4) is 5.75 Å². The van der Waals surface area contributed by atoms with Crippen LogP contribution >= 0.6 is 0 Å². The van der Waals surface area contributed by atoms with E-state index in [1.807, 2.05) is 0 Å². The van der Waals surface area contributed by atoms with Crippen molar-refractivity contribution in [3.63, 3.8) is 0 Å². The number of carbonyl (C=O) groups is 3. The molecule has 2 amide bonds. The number of aliphatic carboxylic acids is 1. The standard InChI is InChI=1S/C14H18N2O5/c1-9(17)15-7-6-13(19)16-12(14(20)21)8-10-2-4-11(18)5-3-10/h2-5,12,18H,6-8H2,1H3,(H,15,17)(H,16,19)(H,20,21)/t12-/m1/s1. The van der Waals surface area contributed by atoms with Crippen LogP contribution in [0.5, 0.6) is 5.75 Å². The van der Waals surface area contributed by atoms with E-state index >= 15 is 0 Å². The average molecular weight is 294 g/mol. The highest BCUT2D eigenvalue weighted by Crippen LogP contribution is 2.11. The van der Waals surface area contributed by atoms with Gasteiger partial charge in [-0.25, -0.2) is 4.79 Å². The van der Waals surface area contributed by atoms with Crippen molar-refractivity contribution in [1.29, 1.82) is 0 Å². The van der Waals surface area contributed by atoms with Crippen LogP contribution in [0.25, 0.3) is 0 Å². The molecular formula is C14H18N2O5. The number of phenols is 1. The molecule has 0 aliphatic heterocycles. The summed E-state index contributed by atoms with van der Waals surface area (Å²) in [6.45, 7) is 1.50. The zero-order valence-corrected chi connectivity index (χ0v) is 11.6. The Morgan fingerprint density at radius 3 is 2.33 bits per heavy atom. The third kappa shape index (κ3) is 6.42. The molecular weight excluding hydrogens is 276 g/mol. The summed E-state index contributed by atoms with van der Waals surface area (Å²) < 4.78 is 0. The Hall–Kier alpha value is -2.57. The summed E-state index contributed by atoms with van der Waals surface area (Å²) in [6.07, 6.45) is 0.125. The first-order valence-electron chi connectivity index (χ1n) is 6.43. The van der Waals surface area contributed by atoms with Crippen molar-refractivity contribution >= 4 is 17.8 Å². The lowest BCUT2D eigenvalue weighted by Gasteiger charge is -2.14. The summed E-state index contributed by atoms with van der Waals surface area (Å²) in [7, 11) is 0. The third-order valence-electron chi connectivity index (χ3n) is 2.74. The molecule has 0 radical (unpaired) electrons. The minimum Gasteiger partial charge on any atom is -0.508 e. The fourth-order valence-corrected chi connectivity index (χ4v) is 1.69. The molecule has 0 spiro atoms. The van der Waals surface area contributed by atoms with E-state index in [1.165, 1.54) is 19.1 Å². The van der Waals surface area contributed by atoms with Crippen LogP contribution in [0.3, 0.4) is 0 Å². The first kappa shape index (κ1) is 16.5. The number of rotatable bonds is 7. The zero-order valence-electron chi connectivity index (χ0n) is 11.6. The Balaban J connectivity index is 2.53. The van der Waals surface area contributed by atoms with E-state index in [-0.39, 0.29) is 31.0 Å².